The van der Waals surface area contributed by atoms with Crippen molar-refractivity contribution in [3.05, 3.63) is 18.2 Å². The Morgan fingerprint density at radius 1 is 1.14 bits per heavy atom. The summed E-state index contributed by atoms with van der Waals surface area (Å²) in [5.74, 6) is 1.53. The number of nitrogen functional groups attached to an aromatic ring is 2. The van der Waals surface area contributed by atoms with Crippen molar-refractivity contribution in [1.82, 2.24) is 20.2 Å². The minimum absolute atomic E-state index is 0.615. The van der Waals surface area contributed by atoms with Crippen molar-refractivity contribution in [3.63, 3.8) is 0 Å². The van der Waals surface area contributed by atoms with Crippen molar-refractivity contribution in [2.75, 3.05) is 11.5 Å². The molecule has 0 bridgehead atoms. The quantitative estimate of drug-likeness (QED) is 0.842. The predicted molar refractivity (Wildman–Crippen MR) is 83.3 cm³/mol. The molecule has 3 rings (SSSR count). The van der Waals surface area contributed by atoms with Gasteiger partial charge in [0.2, 0.25) is 0 Å². The predicted octanol–water partition coefficient (Wildman–Crippen LogP) is 2.47. The second kappa shape index (κ2) is 6.11. The second-order valence-electron chi connectivity index (χ2n) is 5.87. The largest absolute Gasteiger partial charge is 0.399 e. The van der Waals surface area contributed by atoms with Crippen molar-refractivity contribution in [1.29, 1.82) is 0 Å². The highest BCUT2D eigenvalue weighted by Crippen LogP contribution is 2.28. The molecule has 0 atom stereocenters. The molecule has 4 N–H and O–H groups in total. The Morgan fingerprint density at radius 2 is 1.95 bits per heavy atom. The molecular weight excluding hydrogens is 264 g/mol. The van der Waals surface area contributed by atoms with Gasteiger partial charge in [-0.15, -0.1) is 5.10 Å². The van der Waals surface area contributed by atoms with Crippen LogP contribution >= 0.6 is 0 Å². The third-order valence-electron chi connectivity index (χ3n) is 4.32. The van der Waals surface area contributed by atoms with Gasteiger partial charge in [0, 0.05) is 23.5 Å². The number of tetrazole rings is 1. The summed E-state index contributed by atoms with van der Waals surface area (Å²) in [5.41, 5.74) is 13.9. The molecule has 1 saturated carbocycles. The lowest BCUT2D eigenvalue weighted by Gasteiger charge is -2.21. The molecule has 0 amide bonds. The lowest BCUT2D eigenvalue weighted by atomic mass is 9.87. The van der Waals surface area contributed by atoms with Gasteiger partial charge in [0.1, 0.15) is 0 Å². The number of nitrogens with zero attached hydrogens (tertiary/aromatic N) is 4. The number of rotatable bonds is 4. The molecule has 6 nitrogen and oxygen atoms in total. The van der Waals surface area contributed by atoms with Gasteiger partial charge in [0.25, 0.3) is 0 Å². The smallest absolute Gasteiger partial charge is 0.184 e. The molecule has 1 heterocycles. The summed E-state index contributed by atoms with van der Waals surface area (Å²) in [4.78, 5) is 0. The van der Waals surface area contributed by atoms with Crippen molar-refractivity contribution in [2.24, 2.45) is 5.92 Å². The summed E-state index contributed by atoms with van der Waals surface area (Å²) in [6.07, 6.45) is 7.90. The Labute approximate surface area is 124 Å². The van der Waals surface area contributed by atoms with Gasteiger partial charge in [-0.2, -0.15) is 0 Å². The Bertz CT molecular complexity index is 600. The molecule has 0 unspecified atom stereocenters. The van der Waals surface area contributed by atoms with Gasteiger partial charge in [-0.1, -0.05) is 32.1 Å². The maximum atomic E-state index is 6.03. The first-order valence-electron chi connectivity index (χ1n) is 7.65. The van der Waals surface area contributed by atoms with E-state index in [1.165, 1.54) is 32.1 Å². The molecule has 1 fully saturated rings. The molecule has 0 saturated heterocycles. The summed E-state index contributed by atoms with van der Waals surface area (Å²) in [7, 11) is 0. The molecule has 1 aliphatic rings. The minimum Gasteiger partial charge on any atom is -0.399 e. The second-order valence-corrected chi connectivity index (χ2v) is 5.87. The number of hydrogen-bond acceptors (Lipinski definition) is 5. The number of anilines is 2. The molecule has 0 aliphatic heterocycles. The van der Waals surface area contributed by atoms with Crippen LogP contribution in [0.4, 0.5) is 11.4 Å². The van der Waals surface area contributed by atoms with Gasteiger partial charge in [-0.25, -0.2) is 4.68 Å². The highest BCUT2D eigenvalue weighted by Gasteiger charge is 2.16. The lowest BCUT2D eigenvalue weighted by molar-refractivity contribution is 0.318. The fourth-order valence-corrected chi connectivity index (χ4v) is 3.11. The average Bonchev–Trinajstić information content (AvgIpc) is 2.94. The topological polar surface area (TPSA) is 95.6 Å². The van der Waals surface area contributed by atoms with Crippen molar-refractivity contribution in [3.8, 4) is 11.4 Å². The minimum atomic E-state index is 0.615. The highest BCUT2D eigenvalue weighted by molar-refractivity contribution is 5.74. The number of nitrogens with two attached hydrogens (primary N) is 2. The zero-order valence-electron chi connectivity index (χ0n) is 12.2. The molecule has 1 aromatic carbocycles. The zero-order valence-corrected chi connectivity index (χ0v) is 12.2. The monoisotopic (exact) mass is 286 g/mol. The summed E-state index contributed by atoms with van der Waals surface area (Å²) in [6.45, 7) is 0.844. The Hall–Kier alpha value is -2.11. The normalized spacial score (nSPS) is 16.2. The molecule has 112 valence electrons. The third-order valence-corrected chi connectivity index (χ3v) is 4.32. The number of aryl methyl sites for hydroxylation is 1. The molecule has 21 heavy (non-hydrogen) atoms. The van der Waals surface area contributed by atoms with Gasteiger partial charge < -0.3 is 11.5 Å². The summed E-state index contributed by atoms with van der Waals surface area (Å²) in [5, 5.41) is 12.0. The van der Waals surface area contributed by atoms with E-state index in [-0.39, 0.29) is 0 Å². The van der Waals surface area contributed by atoms with E-state index in [0.717, 1.165) is 30.3 Å². The maximum absolute atomic E-state index is 6.03. The van der Waals surface area contributed by atoms with E-state index in [2.05, 4.69) is 15.5 Å². The Kier molecular flexibility index (Phi) is 4.03. The molecule has 0 radical (unpaired) electrons. The van der Waals surface area contributed by atoms with Gasteiger partial charge in [0.15, 0.2) is 5.82 Å². The molecule has 1 aromatic heterocycles. The van der Waals surface area contributed by atoms with Gasteiger partial charge in [-0.3, -0.25) is 0 Å². The van der Waals surface area contributed by atoms with Crippen LogP contribution in [-0.2, 0) is 6.54 Å². The Morgan fingerprint density at radius 3 is 2.71 bits per heavy atom. The van der Waals surface area contributed by atoms with Crippen molar-refractivity contribution >= 4 is 11.4 Å². The van der Waals surface area contributed by atoms with E-state index in [4.69, 9.17) is 11.5 Å². The van der Waals surface area contributed by atoms with Crippen LogP contribution < -0.4 is 11.5 Å². The zero-order chi connectivity index (χ0) is 14.7. The first-order valence-corrected chi connectivity index (χ1v) is 7.65. The van der Waals surface area contributed by atoms with E-state index in [9.17, 15) is 0 Å². The molecule has 6 heteroatoms. The lowest BCUT2D eigenvalue weighted by Crippen LogP contribution is -2.12. The first-order chi connectivity index (χ1) is 10.2. The molecule has 2 aromatic rings. The maximum Gasteiger partial charge on any atom is 0.184 e. The Balaban J connectivity index is 1.74. The number of benzene rings is 1. The summed E-state index contributed by atoms with van der Waals surface area (Å²) >= 11 is 0. The number of hydrogen-bond donors (Lipinski definition) is 2. The SMILES string of the molecule is Nc1ccc(-c2nnnn2CCC2CCCCC2)c(N)c1. The van der Waals surface area contributed by atoms with Crippen LogP contribution in [0.5, 0.6) is 0 Å². The van der Waals surface area contributed by atoms with Gasteiger partial charge >= 0.3 is 0 Å². The van der Waals surface area contributed by atoms with E-state index in [1.54, 1.807) is 6.07 Å². The van der Waals surface area contributed by atoms with E-state index >= 15 is 0 Å². The van der Waals surface area contributed by atoms with Crippen LogP contribution in [0.1, 0.15) is 38.5 Å². The van der Waals surface area contributed by atoms with Crippen molar-refractivity contribution in [2.45, 2.75) is 45.1 Å². The summed E-state index contributed by atoms with van der Waals surface area (Å²) in [6, 6.07) is 5.45. The first kappa shape index (κ1) is 13.9. The van der Waals surface area contributed by atoms with E-state index < -0.39 is 0 Å². The van der Waals surface area contributed by atoms with Crippen LogP contribution in [0.2, 0.25) is 0 Å². The fraction of sp³-hybridized carbons (Fsp3) is 0.533. The van der Waals surface area contributed by atoms with Gasteiger partial charge in [0.05, 0.1) is 0 Å². The highest BCUT2D eigenvalue weighted by atomic mass is 15.5. The van der Waals surface area contributed by atoms with Crippen molar-refractivity contribution < 1.29 is 0 Å². The molecule has 1 aliphatic carbocycles. The fourth-order valence-electron chi connectivity index (χ4n) is 3.11. The third kappa shape index (κ3) is 3.15. The average molecular weight is 286 g/mol. The standard InChI is InChI=1S/C15H22N6/c16-12-6-7-13(14(17)10-12)15-18-19-20-21(15)9-8-11-4-2-1-3-5-11/h6-7,10-11H,1-5,8-9,16-17H2. The summed E-state index contributed by atoms with van der Waals surface area (Å²) < 4.78 is 1.86. The van der Waals surface area contributed by atoms with Crippen LogP contribution in [-0.4, -0.2) is 20.2 Å². The van der Waals surface area contributed by atoms with Crippen LogP contribution in [0.25, 0.3) is 11.4 Å². The van der Waals surface area contributed by atoms with Crippen LogP contribution in [0, 0.1) is 5.92 Å². The molecule has 0 spiro atoms. The van der Waals surface area contributed by atoms with Gasteiger partial charge in [-0.05, 0) is 41.0 Å². The van der Waals surface area contributed by atoms with Crippen LogP contribution in [0.15, 0.2) is 18.2 Å². The van der Waals surface area contributed by atoms with Crippen LogP contribution in [0.3, 0.4) is 0 Å². The molecular formula is C15H22N6. The number of aromatic nitrogens is 4. The van der Waals surface area contributed by atoms with E-state index in [1.807, 2.05) is 16.8 Å². The van der Waals surface area contributed by atoms with E-state index in [0.29, 0.717) is 11.4 Å².